The van der Waals surface area contributed by atoms with E-state index in [2.05, 4.69) is 11.1 Å². The normalized spacial score (nSPS) is 10.2. The van der Waals surface area contributed by atoms with Crippen LogP contribution in [0.15, 0.2) is 29.2 Å². The number of nitrogen functional groups attached to an aromatic ring is 3. The lowest BCUT2D eigenvalue weighted by atomic mass is 10.1. The first-order valence-electron chi connectivity index (χ1n) is 5.64. The molecule has 2 rings (SSSR count). The van der Waals surface area contributed by atoms with E-state index in [0.29, 0.717) is 27.8 Å². The summed E-state index contributed by atoms with van der Waals surface area (Å²) >= 11 is 7.53. The smallest absolute Gasteiger partial charge is 0.150 e. The van der Waals surface area contributed by atoms with E-state index >= 15 is 0 Å². The molecule has 2 aromatic rings. The molecule has 0 aliphatic heterocycles. The van der Waals surface area contributed by atoms with Crippen LogP contribution in [0.5, 0.6) is 0 Å². The molecule has 0 bridgehead atoms. The highest BCUT2D eigenvalue weighted by Crippen LogP contribution is 2.34. The standard InChI is InChI=1S/C13H12ClN5S/c14-9-3-1-2-7(5-15)8(9)6-20-10-4-11(16)19-13(18)12(10)17/h1-4H,6,17H2,(H4,16,18,19). The third kappa shape index (κ3) is 2.90. The molecular weight excluding hydrogens is 294 g/mol. The van der Waals surface area contributed by atoms with Gasteiger partial charge in [0.1, 0.15) is 11.6 Å². The summed E-state index contributed by atoms with van der Waals surface area (Å²) in [6, 6.07) is 8.98. The summed E-state index contributed by atoms with van der Waals surface area (Å²) in [6.45, 7) is 0. The van der Waals surface area contributed by atoms with E-state index in [1.807, 2.05) is 0 Å². The lowest BCUT2D eigenvalue weighted by molar-refractivity contribution is 1.28. The number of aromatic nitrogens is 1. The lowest BCUT2D eigenvalue weighted by Gasteiger charge is -2.10. The van der Waals surface area contributed by atoms with Crippen LogP contribution >= 0.6 is 23.4 Å². The fraction of sp³-hybridized carbons (Fsp3) is 0.0769. The average molecular weight is 306 g/mol. The summed E-state index contributed by atoms with van der Waals surface area (Å²) in [4.78, 5) is 4.60. The number of nitrogens with zero attached hydrogens (tertiary/aromatic N) is 2. The molecule has 0 unspecified atom stereocenters. The predicted octanol–water partition coefficient (Wildman–Crippen LogP) is 2.65. The quantitative estimate of drug-likeness (QED) is 0.751. The number of thioether (sulfide) groups is 1. The first kappa shape index (κ1) is 14.3. The number of halogens is 1. The molecule has 1 aromatic carbocycles. The summed E-state index contributed by atoms with van der Waals surface area (Å²) in [5.41, 5.74) is 18.9. The molecule has 0 spiro atoms. The number of anilines is 3. The van der Waals surface area contributed by atoms with Gasteiger partial charge in [-0.15, -0.1) is 11.8 Å². The third-order valence-corrected chi connectivity index (χ3v) is 4.12. The topological polar surface area (TPSA) is 115 Å². The van der Waals surface area contributed by atoms with E-state index in [0.717, 1.165) is 10.5 Å². The largest absolute Gasteiger partial charge is 0.395 e. The Morgan fingerprint density at radius 3 is 2.75 bits per heavy atom. The minimum Gasteiger partial charge on any atom is -0.395 e. The van der Waals surface area contributed by atoms with E-state index in [-0.39, 0.29) is 5.82 Å². The Balaban J connectivity index is 2.29. The zero-order valence-corrected chi connectivity index (χ0v) is 12.0. The van der Waals surface area contributed by atoms with Crippen molar-refractivity contribution in [3.63, 3.8) is 0 Å². The van der Waals surface area contributed by atoms with Crippen molar-refractivity contribution in [3.05, 3.63) is 40.4 Å². The molecule has 5 nitrogen and oxygen atoms in total. The highest BCUT2D eigenvalue weighted by Gasteiger charge is 2.11. The van der Waals surface area contributed by atoms with E-state index in [9.17, 15) is 0 Å². The van der Waals surface area contributed by atoms with Gasteiger partial charge < -0.3 is 17.2 Å². The van der Waals surface area contributed by atoms with Crippen molar-refractivity contribution in [1.29, 1.82) is 5.26 Å². The Labute approximate surface area is 125 Å². The number of nitriles is 1. The summed E-state index contributed by atoms with van der Waals surface area (Å²) < 4.78 is 0. The minimum atomic E-state index is 0.201. The molecule has 0 atom stereocenters. The maximum Gasteiger partial charge on any atom is 0.150 e. The zero-order chi connectivity index (χ0) is 14.7. The summed E-state index contributed by atoms with van der Waals surface area (Å²) in [6.07, 6.45) is 0. The molecule has 1 aromatic heterocycles. The molecule has 0 radical (unpaired) electrons. The molecule has 1 heterocycles. The van der Waals surface area contributed by atoms with Crippen molar-refractivity contribution in [2.24, 2.45) is 0 Å². The van der Waals surface area contributed by atoms with Gasteiger partial charge in [0, 0.05) is 15.7 Å². The van der Waals surface area contributed by atoms with Crippen LogP contribution in [-0.4, -0.2) is 4.98 Å². The number of hydrogen-bond acceptors (Lipinski definition) is 6. The van der Waals surface area contributed by atoms with Gasteiger partial charge in [0.2, 0.25) is 0 Å². The highest BCUT2D eigenvalue weighted by atomic mass is 35.5. The number of hydrogen-bond donors (Lipinski definition) is 3. The van der Waals surface area contributed by atoms with Gasteiger partial charge in [-0.25, -0.2) is 4.98 Å². The van der Waals surface area contributed by atoms with Crippen molar-refractivity contribution in [1.82, 2.24) is 4.98 Å². The van der Waals surface area contributed by atoms with Crippen LogP contribution in [0.25, 0.3) is 0 Å². The van der Waals surface area contributed by atoms with Gasteiger partial charge in [-0.2, -0.15) is 5.26 Å². The number of benzene rings is 1. The number of nitrogens with two attached hydrogens (primary N) is 3. The Morgan fingerprint density at radius 1 is 1.30 bits per heavy atom. The molecule has 20 heavy (non-hydrogen) atoms. The molecule has 0 saturated carbocycles. The van der Waals surface area contributed by atoms with Crippen molar-refractivity contribution in [2.45, 2.75) is 10.6 Å². The van der Waals surface area contributed by atoms with E-state index < -0.39 is 0 Å². The van der Waals surface area contributed by atoms with Gasteiger partial charge in [0.25, 0.3) is 0 Å². The minimum absolute atomic E-state index is 0.201. The maximum atomic E-state index is 9.09. The first-order chi connectivity index (χ1) is 9.52. The van der Waals surface area contributed by atoms with Gasteiger partial charge in [0.05, 0.1) is 17.3 Å². The molecule has 0 aliphatic carbocycles. The fourth-order valence-corrected chi connectivity index (χ4v) is 3.04. The first-order valence-corrected chi connectivity index (χ1v) is 7.01. The predicted molar refractivity (Wildman–Crippen MR) is 83.2 cm³/mol. The van der Waals surface area contributed by atoms with Crippen molar-refractivity contribution >= 4 is 40.7 Å². The molecule has 0 aliphatic rings. The molecule has 6 N–H and O–H groups in total. The van der Waals surface area contributed by atoms with E-state index in [1.54, 1.807) is 24.3 Å². The highest BCUT2D eigenvalue weighted by molar-refractivity contribution is 7.98. The van der Waals surface area contributed by atoms with Gasteiger partial charge in [-0.3, -0.25) is 0 Å². The second kappa shape index (κ2) is 5.90. The Morgan fingerprint density at radius 2 is 2.05 bits per heavy atom. The van der Waals surface area contributed by atoms with Crippen LogP contribution in [0.4, 0.5) is 17.3 Å². The van der Waals surface area contributed by atoms with Crippen molar-refractivity contribution < 1.29 is 0 Å². The average Bonchev–Trinajstić information content (AvgIpc) is 2.42. The van der Waals surface area contributed by atoms with Crippen LogP contribution < -0.4 is 17.2 Å². The van der Waals surface area contributed by atoms with Crippen LogP contribution in [0.3, 0.4) is 0 Å². The van der Waals surface area contributed by atoms with Crippen LogP contribution in [0, 0.1) is 11.3 Å². The second-order valence-corrected chi connectivity index (χ2v) is 5.43. The van der Waals surface area contributed by atoms with Crippen LogP contribution in [0.2, 0.25) is 5.02 Å². The third-order valence-electron chi connectivity index (χ3n) is 2.68. The molecule has 0 fully saturated rings. The number of pyridine rings is 1. The fourth-order valence-electron chi connectivity index (χ4n) is 1.65. The van der Waals surface area contributed by atoms with Gasteiger partial charge in [-0.05, 0) is 23.8 Å². The summed E-state index contributed by atoms with van der Waals surface area (Å²) in [7, 11) is 0. The van der Waals surface area contributed by atoms with Crippen molar-refractivity contribution in [3.8, 4) is 6.07 Å². The van der Waals surface area contributed by atoms with E-state index in [4.69, 9.17) is 34.1 Å². The molecule has 0 amide bonds. The molecule has 7 heteroatoms. The van der Waals surface area contributed by atoms with Crippen molar-refractivity contribution in [2.75, 3.05) is 17.2 Å². The van der Waals surface area contributed by atoms with E-state index in [1.165, 1.54) is 11.8 Å². The summed E-state index contributed by atoms with van der Waals surface area (Å²) in [5.74, 6) is 1.00. The Bertz CT molecular complexity index is 696. The lowest BCUT2D eigenvalue weighted by Crippen LogP contribution is -2.03. The van der Waals surface area contributed by atoms with Gasteiger partial charge in [0.15, 0.2) is 0 Å². The molecular formula is C13H12ClN5S. The summed E-state index contributed by atoms with van der Waals surface area (Å²) in [5, 5.41) is 9.64. The number of rotatable bonds is 3. The van der Waals surface area contributed by atoms with Gasteiger partial charge in [-0.1, -0.05) is 17.7 Å². The zero-order valence-electron chi connectivity index (χ0n) is 10.4. The van der Waals surface area contributed by atoms with Crippen LogP contribution in [-0.2, 0) is 5.75 Å². The SMILES string of the molecule is N#Cc1cccc(Cl)c1CSc1cc(N)nc(N)c1N. The second-order valence-electron chi connectivity index (χ2n) is 4.01. The Kier molecular flexibility index (Phi) is 4.23. The maximum absolute atomic E-state index is 9.09. The van der Waals surface area contributed by atoms with Crippen LogP contribution in [0.1, 0.15) is 11.1 Å². The Hall–Kier alpha value is -2.10. The molecule has 102 valence electrons. The van der Waals surface area contributed by atoms with Gasteiger partial charge >= 0.3 is 0 Å². The monoisotopic (exact) mass is 305 g/mol. The molecule has 0 saturated heterocycles.